The maximum atomic E-state index is 13.1. The van der Waals surface area contributed by atoms with E-state index in [2.05, 4.69) is 5.32 Å². The number of carbonyl (C=O) groups is 2. The molecule has 4 N–H and O–H groups in total. The highest BCUT2D eigenvalue weighted by Gasteiger charge is 2.27. The number of amides is 1. The molecule has 0 aromatic heterocycles. The molecule has 1 aromatic carbocycles. The van der Waals surface area contributed by atoms with Crippen molar-refractivity contribution in [2.45, 2.75) is 29.7 Å². The van der Waals surface area contributed by atoms with Crippen molar-refractivity contribution < 1.29 is 28.2 Å². The van der Waals surface area contributed by atoms with E-state index < -0.39 is 29.7 Å². The first-order valence-corrected chi connectivity index (χ1v) is 7.06. The number of ether oxygens (including phenoxy) is 1. The fraction of sp³-hybridized carbons (Fsp3) is 0.385. The first kappa shape index (κ1) is 18.2. The zero-order valence-corrected chi connectivity index (χ0v) is 12.7. The summed E-state index contributed by atoms with van der Waals surface area (Å²) in [7, 11) is 1.28. The topological polar surface area (TPSA) is 102 Å². The first-order valence-electron chi connectivity index (χ1n) is 6.18. The Morgan fingerprint density at radius 1 is 1.41 bits per heavy atom. The normalized spacial score (nSPS) is 13.5. The van der Waals surface area contributed by atoms with E-state index in [-0.39, 0.29) is 16.2 Å². The van der Waals surface area contributed by atoms with Crippen molar-refractivity contribution >= 4 is 23.6 Å². The van der Waals surface area contributed by atoms with Crippen LogP contribution in [0.5, 0.6) is 5.75 Å². The van der Waals surface area contributed by atoms with Gasteiger partial charge in [0.05, 0.1) is 18.0 Å². The van der Waals surface area contributed by atoms with Gasteiger partial charge in [-0.25, -0.2) is 13.6 Å². The molecule has 0 saturated carbocycles. The second-order valence-corrected chi connectivity index (χ2v) is 5.43. The van der Waals surface area contributed by atoms with Crippen LogP contribution in [0.15, 0.2) is 23.1 Å². The number of thioether (sulfide) groups is 1. The van der Waals surface area contributed by atoms with Gasteiger partial charge in [0.25, 0.3) is 6.43 Å². The third-order valence-corrected chi connectivity index (χ3v) is 3.84. The van der Waals surface area contributed by atoms with Gasteiger partial charge in [0.2, 0.25) is 5.91 Å². The predicted octanol–water partition coefficient (Wildman–Crippen LogP) is 1.60. The minimum Gasteiger partial charge on any atom is -0.496 e. The molecule has 0 saturated heterocycles. The summed E-state index contributed by atoms with van der Waals surface area (Å²) in [6.07, 6.45) is -2.81. The highest BCUT2D eigenvalue weighted by Crippen LogP contribution is 2.39. The SMILES string of the molecule is COc1cccc(C(F)F)c1S[C@H](NC(=O)[C@@H](C)N)C(=O)O. The fourth-order valence-corrected chi connectivity index (χ4v) is 2.58. The zero-order chi connectivity index (χ0) is 16.9. The van der Waals surface area contributed by atoms with Gasteiger partial charge in [-0.15, -0.1) is 0 Å². The molecule has 22 heavy (non-hydrogen) atoms. The molecule has 0 aliphatic rings. The first-order chi connectivity index (χ1) is 10.3. The van der Waals surface area contributed by atoms with Crippen LogP contribution in [0.2, 0.25) is 0 Å². The molecule has 0 aliphatic heterocycles. The Labute approximate surface area is 130 Å². The molecular formula is C13H16F2N2O4S. The van der Waals surface area contributed by atoms with Crippen LogP contribution in [0.1, 0.15) is 18.9 Å². The second-order valence-electron chi connectivity index (χ2n) is 4.31. The molecule has 0 heterocycles. The van der Waals surface area contributed by atoms with Crippen LogP contribution in [0.25, 0.3) is 0 Å². The summed E-state index contributed by atoms with van der Waals surface area (Å²) in [5.41, 5.74) is 4.98. The lowest BCUT2D eigenvalue weighted by molar-refractivity contribution is -0.139. The monoisotopic (exact) mass is 334 g/mol. The van der Waals surface area contributed by atoms with Gasteiger partial charge >= 0.3 is 5.97 Å². The molecule has 1 aromatic rings. The number of alkyl halides is 2. The summed E-state index contributed by atoms with van der Waals surface area (Å²) < 4.78 is 31.1. The van der Waals surface area contributed by atoms with Crippen LogP contribution in [0, 0.1) is 0 Å². The highest BCUT2D eigenvalue weighted by atomic mass is 32.2. The predicted molar refractivity (Wildman–Crippen MR) is 77.0 cm³/mol. The van der Waals surface area contributed by atoms with Crippen molar-refractivity contribution in [2.24, 2.45) is 5.73 Å². The number of hydrogen-bond acceptors (Lipinski definition) is 5. The molecule has 0 fully saturated rings. The highest BCUT2D eigenvalue weighted by molar-refractivity contribution is 8.00. The molecule has 0 bridgehead atoms. The van der Waals surface area contributed by atoms with Crippen LogP contribution in [0.4, 0.5) is 8.78 Å². The summed E-state index contributed by atoms with van der Waals surface area (Å²) in [5, 5.41) is 9.87. The van der Waals surface area contributed by atoms with Gasteiger partial charge in [0, 0.05) is 5.56 Å². The van der Waals surface area contributed by atoms with Gasteiger partial charge in [-0.05, 0) is 13.0 Å². The van der Waals surface area contributed by atoms with Crippen molar-refractivity contribution in [3.8, 4) is 5.75 Å². The van der Waals surface area contributed by atoms with Crippen LogP contribution in [-0.4, -0.2) is 35.5 Å². The Bertz CT molecular complexity index is 555. The number of nitrogens with two attached hydrogens (primary N) is 1. The van der Waals surface area contributed by atoms with Crippen LogP contribution >= 0.6 is 11.8 Å². The van der Waals surface area contributed by atoms with E-state index in [9.17, 15) is 18.4 Å². The molecule has 9 heteroatoms. The number of carboxylic acids is 1. The number of benzene rings is 1. The average Bonchev–Trinajstić information content (AvgIpc) is 2.45. The van der Waals surface area contributed by atoms with Crippen molar-refractivity contribution in [3.05, 3.63) is 23.8 Å². The fourth-order valence-electron chi connectivity index (χ4n) is 1.51. The number of carboxylic acid groups (broad SMARTS) is 1. The summed E-state index contributed by atoms with van der Waals surface area (Å²) in [5.74, 6) is -1.98. The number of halogens is 2. The van der Waals surface area contributed by atoms with Gasteiger partial charge in [0.15, 0.2) is 5.37 Å². The van der Waals surface area contributed by atoms with Crippen molar-refractivity contribution in [3.63, 3.8) is 0 Å². The standard InChI is InChI=1S/C13H16F2N2O4S/c1-6(16)11(18)17-12(13(19)20)22-9-7(10(14)15)4-3-5-8(9)21-2/h3-6,10,12H,16H2,1-2H3,(H,17,18)(H,19,20)/t6-,12+/m1/s1. The third-order valence-electron chi connectivity index (χ3n) is 2.61. The molecule has 2 atom stereocenters. The number of aliphatic carboxylic acids is 1. The van der Waals surface area contributed by atoms with E-state index in [0.717, 1.165) is 0 Å². The van der Waals surface area contributed by atoms with E-state index in [1.807, 2.05) is 0 Å². The van der Waals surface area contributed by atoms with Crippen molar-refractivity contribution in [1.82, 2.24) is 5.32 Å². The Kier molecular flexibility index (Phi) is 6.57. The quantitative estimate of drug-likeness (QED) is 0.517. The minimum atomic E-state index is -2.81. The van der Waals surface area contributed by atoms with Gasteiger partial charge in [-0.3, -0.25) is 4.79 Å². The molecule has 0 spiro atoms. The van der Waals surface area contributed by atoms with Crippen molar-refractivity contribution in [1.29, 1.82) is 0 Å². The summed E-state index contributed by atoms with van der Waals surface area (Å²) in [4.78, 5) is 22.7. The molecule has 1 rings (SSSR count). The molecule has 1 amide bonds. The zero-order valence-electron chi connectivity index (χ0n) is 11.9. The van der Waals surface area contributed by atoms with Crippen LogP contribution < -0.4 is 15.8 Å². The van der Waals surface area contributed by atoms with Crippen LogP contribution in [0.3, 0.4) is 0 Å². The number of nitrogens with one attached hydrogen (secondary N) is 1. The van der Waals surface area contributed by atoms with Gasteiger partial charge < -0.3 is 20.9 Å². The van der Waals surface area contributed by atoms with Gasteiger partial charge in [-0.2, -0.15) is 0 Å². The molecule has 122 valence electrons. The molecule has 0 unspecified atom stereocenters. The lowest BCUT2D eigenvalue weighted by atomic mass is 10.2. The maximum absolute atomic E-state index is 13.1. The minimum absolute atomic E-state index is 0.0441. The van der Waals surface area contributed by atoms with Crippen LogP contribution in [-0.2, 0) is 9.59 Å². The number of carbonyl (C=O) groups excluding carboxylic acids is 1. The van der Waals surface area contributed by atoms with Gasteiger partial charge in [0.1, 0.15) is 5.75 Å². The second kappa shape index (κ2) is 7.95. The number of rotatable bonds is 7. The molecule has 0 radical (unpaired) electrons. The lowest BCUT2D eigenvalue weighted by Crippen LogP contribution is -2.45. The molecular weight excluding hydrogens is 318 g/mol. The Hall–Kier alpha value is -1.87. The lowest BCUT2D eigenvalue weighted by Gasteiger charge is -2.19. The Balaban J connectivity index is 3.12. The largest absolute Gasteiger partial charge is 0.496 e. The Morgan fingerprint density at radius 2 is 2.05 bits per heavy atom. The molecule has 0 aliphatic carbocycles. The molecule has 6 nitrogen and oxygen atoms in total. The third kappa shape index (κ3) is 4.57. The average molecular weight is 334 g/mol. The van der Waals surface area contributed by atoms with E-state index >= 15 is 0 Å². The summed E-state index contributed by atoms with van der Waals surface area (Å²) in [6, 6.07) is 3.05. The maximum Gasteiger partial charge on any atom is 0.337 e. The summed E-state index contributed by atoms with van der Waals surface area (Å²) >= 11 is 0.557. The van der Waals surface area contributed by atoms with Crippen molar-refractivity contribution in [2.75, 3.05) is 7.11 Å². The number of methoxy groups -OCH3 is 1. The van der Waals surface area contributed by atoms with E-state index in [0.29, 0.717) is 11.8 Å². The number of hydrogen-bond donors (Lipinski definition) is 3. The summed E-state index contributed by atoms with van der Waals surface area (Å²) in [6.45, 7) is 1.38. The van der Waals surface area contributed by atoms with E-state index in [1.54, 1.807) is 0 Å². The van der Waals surface area contributed by atoms with E-state index in [1.165, 1.54) is 32.2 Å². The van der Waals surface area contributed by atoms with Gasteiger partial charge in [-0.1, -0.05) is 23.9 Å². The smallest absolute Gasteiger partial charge is 0.337 e. The van der Waals surface area contributed by atoms with E-state index in [4.69, 9.17) is 15.6 Å². The Morgan fingerprint density at radius 3 is 2.50 bits per heavy atom.